The first kappa shape index (κ1) is 13.5. The molecular weight excluding hydrogens is 214 g/mol. The van der Waals surface area contributed by atoms with Crippen LogP contribution in [0.4, 0.5) is 11.5 Å². The number of nitrogens with zero attached hydrogens (tertiary/aromatic N) is 1. The maximum absolute atomic E-state index is 12.0. The monoisotopic (exact) mass is 235 g/mol. The second kappa shape index (κ2) is 6.89. The second-order valence-electron chi connectivity index (χ2n) is 4.18. The molecule has 0 fully saturated rings. The third kappa shape index (κ3) is 4.06. The summed E-state index contributed by atoms with van der Waals surface area (Å²) >= 11 is 0. The molecule has 94 valence electrons. The Bertz CT molecular complexity index is 365. The van der Waals surface area contributed by atoms with Gasteiger partial charge in [-0.15, -0.1) is 0 Å². The lowest BCUT2D eigenvalue weighted by atomic mass is 9.98. The van der Waals surface area contributed by atoms with E-state index in [1.165, 1.54) is 0 Å². The molecule has 0 radical (unpaired) electrons. The van der Waals surface area contributed by atoms with Crippen LogP contribution in [0.25, 0.3) is 0 Å². The minimum Gasteiger partial charge on any atom is -0.396 e. The molecule has 17 heavy (non-hydrogen) atoms. The van der Waals surface area contributed by atoms with E-state index in [2.05, 4.69) is 17.2 Å². The number of carbonyl (C=O) groups excluding carboxylic acids is 1. The van der Waals surface area contributed by atoms with E-state index in [0.29, 0.717) is 11.5 Å². The number of aromatic nitrogens is 1. The quantitative estimate of drug-likeness (QED) is 0.796. The largest absolute Gasteiger partial charge is 0.396 e. The third-order valence-electron chi connectivity index (χ3n) is 2.85. The fourth-order valence-corrected chi connectivity index (χ4v) is 1.71. The number of carbonyl (C=O) groups is 1. The predicted octanol–water partition coefficient (Wildman–Crippen LogP) is 2.82. The summed E-state index contributed by atoms with van der Waals surface area (Å²) in [5.74, 6) is 0.537. The molecule has 1 heterocycles. The van der Waals surface area contributed by atoms with E-state index in [1.54, 1.807) is 18.3 Å². The number of unbranched alkanes of at least 4 members (excludes halogenated alkanes) is 1. The van der Waals surface area contributed by atoms with Gasteiger partial charge in [0.1, 0.15) is 0 Å². The van der Waals surface area contributed by atoms with E-state index in [0.717, 1.165) is 25.7 Å². The van der Waals surface area contributed by atoms with E-state index < -0.39 is 0 Å². The maximum Gasteiger partial charge on any atom is 0.228 e. The Kier molecular flexibility index (Phi) is 5.46. The average molecular weight is 235 g/mol. The summed E-state index contributed by atoms with van der Waals surface area (Å²) in [5, 5.41) is 2.80. The van der Waals surface area contributed by atoms with E-state index >= 15 is 0 Å². The second-order valence-corrected chi connectivity index (χ2v) is 4.18. The summed E-state index contributed by atoms with van der Waals surface area (Å²) < 4.78 is 0. The van der Waals surface area contributed by atoms with Gasteiger partial charge in [0.15, 0.2) is 5.82 Å². The molecule has 1 unspecified atom stereocenters. The van der Waals surface area contributed by atoms with Gasteiger partial charge in [-0.3, -0.25) is 4.79 Å². The van der Waals surface area contributed by atoms with Crippen LogP contribution in [-0.4, -0.2) is 10.9 Å². The molecule has 0 bridgehead atoms. The summed E-state index contributed by atoms with van der Waals surface area (Å²) in [6.07, 6.45) is 5.57. The predicted molar refractivity (Wildman–Crippen MR) is 70.6 cm³/mol. The van der Waals surface area contributed by atoms with Gasteiger partial charge in [0.25, 0.3) is 0 Å². The number of amides is 1. The molecule has 4 nitrogen and oxygen atoms in total. The Labute approximate surface area is 103 Å². The molecule has 0 aliphatic rings. The number of nitrogens with two attached hydrogens (primary N) is 1. The fraction of sp³-hybridized carbons (Fsp3) is 0.538. The van der Waals surface area contributed by atoms with Crippen molar-refractivity contribution >= 4 is 17.4 Å². The molecule has 3 N–H and O–H groups in total. The minimum absolute atomic E-state index is 0.0198. The average Bonchev–Trinajstić information content (AvgIpc) is 2.33. The number of anilines is 2. The van der Waals surface area contributed by atoms with E-state index in [1.807, 2.05) is 6.92 Å². The highest BCUT2D eigenvalue weighted by atomic mass is 16.1. The standard InChI is InChI=1S/C13H21N3O/c1-3-5-7-10(4-2)13(17)16-12-11(14)8-6-9-15-12/h6,8-10H,3-5,7,14H2,1-2H3,(H,15,16,17). The van der Waals surface area contributed by atoms with Gasteiger partial charge in [-0.05, 0) is 25.0 Å². The fourth-order valence-electron chi connectivity index (χ4n) is 1.71. The van der Waals surface area contributed by atoms with Crippen molar-refractivity contribution in [2.24, 2.45) is 5.92 Å². The Balaban J connectivity index is 2.61. The van der Waals surface area contributed by atoms with Crippen LogP contribution in [-0.2, 0) is 4.79 Å². The molecule has 1 aromatic rings. The van der Waals surface area contributed by atoms with Gasteiger partial charge in [-0.1, -0.05) is 26.7 Å². The molecule has 1 amide bonds. The molecule has 1 rings (SSSR count). The van der Waals surface area contributed by atoms with Crippen LogP contribution in [0.2, 0.25) is 0 Å². The molecule has 4 heteroatoms. The van der Waals surface area contributed by atoms with Gasteiger partial charge in [-0.2, -0.15) is 0 Å². The first-order chi connectivity index (χ1) is 8.19. The van der Waals surface area contributed by atoms with Crippen molar-refractivity contribution in [1.82, 2.24) is 4.98 Å². The lowest BCUT2D eigenvalue weighted by Gasteiger charge is -2.14. The molecule has 0 saturated heterocycles. The highest BCUT2D eigenvalue weighted by Crippen LogP contribution is 2.18. The van der Waals surface area contributed by atoms with Crippen molar-refractivity contribution in [3.63, 3.8) is 0 Å². The van der Waals surface area contributed by atoms with Crippen LogP contribution in [0, 0.1) is 5.92 Å². The zero-order valence-corrected chi connectivity index (χ0v) is 10.6. The van der Waals surface area contributed by atoms with Crippen molar-refractivity contribution < 1.29 is 4.79 Å². The van der Waals surface area contributed by atoms with Crippen LogP contribution >= 0.6 is 0 Å². The van der Waals surface area contributed by atoms with Crippen LogP contribution in [0.15, 0.2) is 18.3 Å². The normalized spacial score (nSPS) is 12.1. The summed E-state index contributed by atoms with van der Waals surface area (Å²) in [6.45, 7) is 4.16. The molecule has 0 aliphatic carbocycles. The van der Waals surface area contributed by atoms with E-state index in [9.17, 15) is 4.79 Å². The van der Waals surface area contributed by atoms with Gasteiger partial charge < -0.3 is 11.1 Å². The number of hydrogen-bond acceptors (Lipinski definition) is 3. The molecule has 1 atom stereocenters. The zero-order chi connectivity index (χ0) is 12.7. The van der Waals surface area contributed by atoms with Crippen LogP contribution < -0.4 is 11.1 Å². The van der Waals surface area contributed by atoms with E-state index in [4.69, 9.17) is 5.73 Å². The van der Waals surface area contributed by atoms with E-state index in [-0.39, 0.29) is 11.8 Å². The van der Waals surface area contributed by atoms with Gasteiger partial charge in [-0.25, -0.2) is 4.98 Å². The van der Waals surface area contributed by atoms with Crippen LogP contribution in [0.3, 0.4) is 0 Å². The molecular formula is C13H21N3O. The molecule has 1 aromatic heterocycles. The number of nitrogen functional groups attached to an aromatic ring is 1. The number of hydrogen-bond donors (Lipinski definition) is 2. The van der Waals surface area contributed by atoms with Crippen molar-refractivity contribution in [2.75, 3.05) is 11.1 Å². The van der Waals surface area contributed by atoms with Crippen molar-refractivity contribution in [2.45, 2.75) is 39.5 Å². The topological polar surface area (TPSA) is 68.0 Å². The molecule has 0 aliphatic heterocycles. The Hall–Kier alpha value is -1.58. The number of pyridine rings is 1. The van der Waals surface area contributed by atoms with Gasteiger partial charge in [0.2, 0.25) is 5.91 Å². The zero-order valence-electron chi connectivity index (χ0n) is 10.6. The summed E-state index contributed by atoms with van der Waals surface area (Å²) in [4.78, 5) is 16.1. The Morgan fingerprint density at radius 2 is 2.29 bits per heavy atom. The lowest BCUT2D eigenvalue weighted by Crippen LogP contribution is -2.23. The van der Waals surface area contributed by atoms with Crippen molar-refractivity contribution in [3.8, 4) is 0 Å². The van der Waals surface area contributed by atoms with Gasteiger partial charge in [0.05, 0.1) is 5.69 Å². The Morgan fingerprint density at radius 3 is 2.88 bits per heavy atom. The van der Waals surface area contributed by atoms with Crippen molar-refractivity contribution in [1.29, 1.82) is 0 Å². The molecule has 0 saturated carbocycles. The van der Waals surface area contributed by atoms with Crippen LogP contribution in [0.5, 0.6) is 0 Å². The summed E-state index contributed by atoms with van der Waals surface area (Å²) in [7, 11) is 0. The highest BCUT2D eigenvalue weighted by molar-refractivity contribution is 5.93. The third-order valence-corrected chi connectivity index (χ3v) is 2.85. The minimum atomic E-state index is 0.0198. The summed E-state index contributed by atoms with van der Waals surface area (Å²) in [6, 6.07) is 3.48. The number of rotatable bonds is 6. The molecule has 0 spiro atoms. The van der Waals surface area contributed by atoms with Gasteiger partial charge in [0, 0.05) is 12.1 Å². The SMILES string of the molecule is CCCCC(CC)C(=O)Nc1ncccc1N. The number of nitrogens with one attached hydrogen (secondary N) is 1. The van der Waals surface area contributed by atoms with Gasteiger partial charge >= 0.3 is 0 Å². The first-order valence-electron chi connectivity index (χ1n) is 6.20. The molecule has 0 aromatic carbocycles. The smallest absolute Gasteiger partial charge is 0.228 e. The lowest BCUT2D eigenvalue weighted by molar-refractivity contribution is -0.120. The maximum atomic E-state index is 12.0. The summed E-state index contributed by atoms with van der Waals surface area (Å²) in [5.41, 5.74) is 6.24. The van der Waals surface area contributed by atoms with Crippen molar-refractivity contribution in [3.05, 3.63) is 18.3 Å². The first-order valence-corrected chi connectivity index (χ1v) is 6.20. The highest BCUT2D eigenvalue weighted by Gasteiger charge is 2.16. The Morgan fingerprint density at radius 1 is 1.53 bits per heavy atom. The van der Waals surface area contributed by atoms with Crippen LogP contribution in [0.1, 0.15) is 39.5 Å².